The maximum absolute atomic E-state index is 5.95. The van der Waals surface area contributed by atoms with Gasteiger partial charge in [0.1, 0.15) is 5.75 Å². The molecule has 2 aromatic rings. The summed E-state index contributed by atoms with van der Waals surface area (Å²) in [7, 11) is 0. The molecule has 0 saturated heterocycles. The summed E-state index contributed by atoms with van der Waals surface area (Å²) in [5, 5.41) is 6.23. The Morgan fingerprint density at radius 3 is 2.50 bits per heavy atom. The molecule has 130 valence electrons. The van der Waals surface area contributed by atoms with E-state index in [1.807, 2.05) is 43.5 Å². The summed E-state index contributed by atoms with van der Waals surface area (Å²) >= 11 is 1.66. The Hall–Kier alpha value is -2.08. The number of thiazole rings is 1. The number of hydrogen-bond donors (Lipinski definition) is 2. The van der Waals surface area contributed by atoms with Crippen molar-refractivity contribution in [3.63, 3.8) is 0 Å². The van der Waals surface area contributed by atoms with Crippen LogP contribution < -0.4 is 15.8 Å². The van der Waals surface area contributed by atoms with E-state index in [1.54, 1.807) is 11.3 Å². The number of nitrogens with two attached hydrogens (primary N) is 1. The van der Waals surface area contributed by atoms with Crippen molar-refractivity contribution >= 4 is 23.0 Å². The predicted octanol–water partition coefficient (Wildman–Crippen LogP) is 4.15. The molecule has 0 fully saturated rings. The number of anilines is 1. The highest BCUT2D eigenvalue weighted by atomic mass is 32.1. The molecule has 24 heavy (non-hydrogen) atoms. The fraction of sp³-hybridized carbons (Fsp3) is 0.444. The first kappa shape index (κ1) is 18.3. The molecule has 2 rings (SSSR count). The van der Waals surface area contributed by atoms with Crippen molar-refractivity contribution in [2.75, 3.05) is 5.32 Å². The minimum Gasteiger partial charge on any atom is -0.491 e. The lowest BCUT2D eigenvalue weighted by molar-refractivity contribution is 0.242. The Labute approximate surface area is 148 Å². The summed E-state index contributed by atoms with van der Waals surface area (Å²) in [5.74, 6) is 1.21. The summed E-state index contributed by atoms with van der Waals surface area (Å²) in [5.41, 5.74) is 7.83. The molecule has 0 bridgehead atoms. The Kier molecular flexibility index (Phi) is 5.83. The molecular weight excluding hydrogens is 320 g/mol. The Morgan fingerprint density at radius 2 is 1.96 bits per heavy atom. The maximum Gasteiger partial charge on any atom is 0.193 e. The minimum absolute atomic E-state index is 0.0657. The van der Waals surface area contributed by atoms with Crippen LogP contribution in [-0.2, 0) is 12.0 Å². The van der Waals surface area contributed by atoms with Crippen molar-refractivity contribution in [1.29, 1.82) is 0 Å². The third kappa shape index (κ3) is 5.53. The summed E-state index contributed by atoms with van der Waals surface area (Å²) in [4.78, 5) is 8.96. The van der Waals surface area contributed by atoms with Gasteiger partial charge in [-0.2, -0.15) is 0 Å². The summed E-state index contributed by atoms with van der Waals surface area (Å²) in [6.45, 7) is 10.9. The first-order valence-electron chi connectivity index (χ1n) is 8.02. The van der Waals surface area contributed by atoms with Gasteiger partial charge in [0.2, 0.25) is 0 Å². The fourth-order valence-electron chi connectivity index (χ4n) is 1.97. The molecule has 3 N–H and O–H groups in total. The van der Waals surface area contributed by atoms with E-state index in [0.29, 0.717) is 12.5 Å². The van der Waals surface area contributed by atoms with Crippen molar-refractivity contribution < 1.29 is 4.74 Å². The van der Waals surface area contributed by atoms with Crippen molar-refractivity contribution in [3.8, 4) is 5.75 Å². The van der Waals surface area contributed by atoms with Crippen molar-refractivity contribution in [2.45, 2.75) is 52.7 Å². The number of nitrogens with zero attached hydrogens (tertiary/aromatic N) is 2. The van der Waals surface area contributed by atoms with Crippen LogP contribution >= 0.6 is 11.3 Å². The molecule has 6 heteroatoms. The molecule has 0 aliphatic heterocycles. The molecule has 5 nitrogen and oxygen atoms in total. The minimum atomic E-state index is 0.0657. The van der Waals surface area contributed by atoms with Gasteiger partial charge in [0.05, 0.1) is 23.4 Å². The van der Waals surface area contributed by atoms with E-state index in [-0.39, 0.29) is 11.5 Å². The molecule has 1 aromatic carbocycles. The largest absolute Gasteiger partial charge is 0.491 e. The number of guanidine groups is 1. The van der Waals surface area contributed by atoms with Gasteiger partial charge < -0.3 is 15.8 Å². The zero-order valence-electron chi connectivity index (χ0n) is 15.0. The molecule has 0 aliphatic carbocycles. The first-order valence-corrected chi connectivity index (χ1v) is 8.90. The molecule has 0 spiro atoms. The molecule has 0 amide bonds. The maximum atomic E-state index is 5.95. The number of hydrogen-bond acceptors (Lipinski definition) is 4. The highest BCUT2D eigenvalue weighted by molar-refractivity contribution is 7.09. The van der Waals surface area contributed by atoms with E-state index >= 15 is 0 Å². The Morgan fingerprint density at radius 1 is 1.29 bits per heavy atom. The topological polar surface area (TPSA) is 72.5 Å². The van der Waals surface area contributed by atoms with Crippen molar-refractivity contribution in [1.82, 2.24) is 4.98 Å². The van der Waals surface area contributed by atoms with E-state index in [4.69, 9.17) is 10.5 Å². The average molecular weight is 347 g/mol. The zero-order valence-corrected chi connectivity index (χ0v) is 15.8. The molecule has 0 atom stereocenters. The van der Waals surface area contributed by atoms with Gasteiger partial charge in [-0.15, -0.1) is 11.3 Å². The van der Waals surface area contributed by atoms with Gasteiger partial charge in [0, 0.05) is 16.5 Å². The lowest BCUT2D eigenvalue weighted by Crippen LogP contribution is -2.22. The van der Waals surface area contributed by atoms with Crippen LogP contribution in [0.1, 0.15) is 45.3 Å². The van der Waals surface area contributed by atoms with Crippen LogP contribution in [0.4, 0.5) is 5.69 Å². The predicted molar refractivity (Wildman–Crippen MR) is 102 cm³/mol. The standard InChI is InChI=1S/C18H26N4OS/c1-12(2)23-15-8-6-13(7-9-15)22-17(19)20-10-14-11-24-16(21-14)18(3,4)5/h6-9,11-12H,10H2,1-5H3,(H3,19,20,22). The van der Waals surface area contributed by atoms with Crippen LogP contribution in [0.15, 0.2) is 34.6 Å². The van der Waals surface area contributed by atoms with E-state index < -0.39 is 0 Å². The number of aromatic nitrogens is 1. The van der Waals surface area contributed by atoms with Crippen LogP contribution in [0.5, 0.6) is 5.75 Å². The van der Waals surface area contributed by atoms with Crippen molar-refractivity contribution in [3.05, 3.63) is 40.3 Å². The van der Waals surface area contributed by atoms with Crippen LogP contribution in [0.25, 0.3) is 0 Å². The molecule has 0 aliphatic rings. The van der Waals surface area contributed by atoms with Gasteiger partial charge in [-0.3, -0.25) is 0 Å². The molecule has 1 heterocycles. The number of benzene rings is 1. The molecular formula is C18H26N4OS. The van der Waals surface area contributed by atoms with Gasteiger partial charge in [0.15, 0.2) is 5.96 Å². The average Bonchev–Trinajstić information content (AvgIpc) is 2.96. The number of nitrogens with one attached hydrogen (secondary N) is 1. The van der Waals surface area contributed by atoms with Crippen molar-refractivity contribution in [2.24, 2.45) is 10.7 Å². The first-order chi connectivity index (χ1) is 11.2. The van der Waals surface area contributed by atoms with Crippen LogP contribution in [0.3, 0.4) is 0 Å². The number of aliphatic imine (C=N–C) groups is 1. The van der Waals surface area contributed by atoms with Crippen LogP contribution in [0, 0.1) is 0 Å². The molecule has 1 aromatic heterocycles. The lowest BCUT2D eigenvalue weighted by atomic mass is 9.98. The Balaban J connectivity index is 1.93. The van der Waals surface area contributed by atoms with Gasteiger partial charge in [-0.25, -0.2) is 9.98 Å². The summed E-state index contributed by atoms with van der Waals surface area (Å²) in [6.07, 6.45) is 0.159. The molecule has 0 saturated carbocycles. The summed E-state index contributed by atoms with van der Waals surface area (Å²) in [6, 6.07) is 7.65. The number of ether oxygens (including phenoxy) is 1. The zero-order chi connectivity index (χ0) is 17.7. The third-order valence-electron chi connectivity index (χ3n) is 3.10. The Bertz CT molecular complexity index is 684. The number of rotatable bonds is 5. The second kappa shape index (κ2) is 7.66. The quantitative estimate of drug-likeness (QED) is 0.630. The fourth-order valence-corrected chi connectivity index (χ4v) is 2.87. The van der Waals surface area contributed by atoms with E-state index in [9.17, 15) is 0 Å². The van der Waals surface area contributed by atoms with Gasteiger partial charge in [0.25, 0.3) is 0 Å². The summed E-state index contributed by atoms with van der Waals surface area (Å²) < 4.78 is 5.61. The van der Waals surface area contributed by atoms with Gasteiger partial charge in [-0.1, -0.05) is 20.8 Å². The monoisotopic (exact) mass is 346 g/mol. The lowest BCUT2D eigenvalue weighted by Gasteiger charge is -2.13. The van der Waals surface area contributed by atoms with Crippen LogP contribution in [0.2, 0.25) is 0 Å². The van der Waals surface area contributed by atoms with Gasteiger partial charge in [-0.05, 0) is 38.1 Å². The van der Waals surface area contributed by atoms with E-state index in [2.05, 4.69) is 36.1 Å². The third-order valence-corrected chi connectivity index (χ3v) is 4.42. The molecule has 0 unspecified atom stereocenters. The normalized spacial score (nSPS) is 12.5. The SMILES string of the molecule is CC(C)Oc1ccc(NC(N)=NCc2csc(C(C)(C)C)n2)cc1. The van der Waals surface area contributed by atoms with Crippen LogP contribution in [-0.4, -0.2) is 17.0 Å². The van der Waals surface area contributed by atoms with E-state index in [0.717, 1.165) is 22.1 Å². The molecule has 0 radical (unpaired) electrons. The van der Waals surface area contributed by atoms with E-state index in [1.165, 1.54) is 0 Å². The second-order valence-corrected chi connectivity index (χ2v) is 7.77. The highest BCUT2D eigenvalue weighted by Crippen LogP contribution is 2.25. The van der Waals surface area contributed by atoms with Gasteiger partial charge >= 0.3 is 0 Å². The highest BCUT2D eigenvalue weighted by Gasteiger charge is 2.17. The smallest absolute Gasteiger partial charge is 0.193 e. The second-order valence-electron chi connectivity index (χ2n) is 6.91.